The maximum atomic E-state index is 11.9. The van der Waals surface area contributed by atoms with E-state index >= 15 is 0 Å². The normalized spacial score (nSPS) is 10.6. The predicted molar refractivity (Wildman–Crippen MR) is 71.6 cm³/mol. The molecule has 0 fully saturated rings. The Balaban J connectivity index is 4.13. The SMILES string of the molecule is CC(C)NC(=O)CCCC(=O)N(CC(=O)O)C(C)C. The summed E-state index contributed by atoms with van der Waals surface area (Å²) in [5.41, 5.74) is 0. The first-order valence-corrected chi connectivity index (χ1v) is 6.54. The molecule has 0 aromatic heterocycles. The summed E-state index contributed by atoms with van der Waals surface area (Å²) in [5.74, 6) is -1.34. The average molecular weight is 272 g/mol. The van der Waals surface area contributed by atoms with E-state index in [9.17, 15) is 14.4 Å². The lowest BCUT2D eigenvalue weighted by atomic mass is 10.2. The van der Waals surface area contributed by atoms with Crippen LogP contribution in [-0.2, 0) is 14.4 Å². The molecule has 2 amide bonds. The van der Waals surface area contributed by atoms with Crippen molar-refractivity contribution in [2.45, 2.75) is 59.0 Å². The van der Waals surface area contributed by atoms with Gasteiger partial charge in [0, 0.05) is 24.9 Å². The Bertz CT molecular complexity index is 327. The summed E-state index contributed by atoms with van der Waals surface area (Å²) in [6.45, 7) is 6.99. The van der Waals surface area contributed by atoms with Crippen LogP contribution in [0.25, 0.3) is 0 Å². The Hall–Kier alpha value is -1.59. The summed E-state index contributed by atoms with van der Waals surface area (Å²) >= 11 is 0. The minimum atomic E-state index is -1.03. The molecule has 2 N–H and O–H groups in total. The van der Waals surface area contributed by atoms with Crippen molar-refractivity contribution in [1.29, 1.82) is 0 Å². The molecule has 0 saturated heterocycles. The highest BCUT2D eigenvalue weighted by Gasteiger charge is 2.19. The van der Waals surface area contributed by atoms with Gasteiger partial charge in [-0.25, -0.2) is 0 Å². The summed E-state index contributed by atoms with van der Waals surface area (Å²) in [6.07, 6.45) is 0.903. The van der Waals surface area contributed by atoms with Crippen molar-refractivity contribution in [3.63, 3.8) is 0 Å². The third-order valence-electron chi connectivity index (χ3n) is 2.49. The largest absolute Gasteiger partial charge is 0.480 e. The smallest absolute Gasteiger partial charge is 0.323 e. The number of carbonyl (C=O) groups excluding carboxylic acids is 2. The highest BCUT2D eigenvalue weighted by Crippen LogP contribution is 2.05. The highest BCUT2D eigenvalue weighted by molar-refractivity contribution is 5.82. The van der Waals surface area contributed by atoms with E-state index in [1.165, 1.54) is 4.90 Å². The second-order valence-corrected chi connectivity index (χ2v) is 5.08. The van der Waals surface area contributed by atoms with E-state index in [2.05, 4.69) is 5.32 Å². The van der Waals surface area contributed by atoms with E-state index in [1.54, 1.807) is 13.8 Å². The van der Waals surface area contributed by atoms with Gasteiger partial charge in [-0.15, -0.1) is 0 Å². The molecule has 0 rings (SSSR count). The molecule has 0 bridgehead atoms. The molecule has 19 heavy (non-hydrogen) atoms. The number of rotatable bonds is 8. The molecule has 0 atom stereocenters. The fourth-order valence-electron chi connectivity index (χ4n) is 1.64. The number of nitrogens with one attached hydrogen (secondary N) is 1. The van der Waals surface area contributed by atoms with Crippen LogP contribution >= 0.6 is 0 Å². The summed E-state index contributed by atoms with van der Waals surface area (Å²) < 4.78 is 0. The van der Waals surface area contributed by atoms with Gasteiger partial charge in [-0.05, 0) is 34.1 Å². The van der Waals surface area contributed by atoms with Crippen molar-refractivity contribution >= 4 is 17.8 Å². The van der Waals surface area contributed by atoms with Crippen molar-refractivity contribution in [3.05, 3.63) is 0 Å². The van der Waals surface area contributed by atoms with Crippen LogP contribution in [-0.4, -0.2) is 46.4 Å². The molecule has 0 unspecified atom stereocenters. The van der Waals surface area contributed by atoms with Gasteiger partial charge < -0.3 is 15.3 Å². The van der Waals surface area contributed by atoms with E-state index in [-0.39, 0.29) is 43.3 Å². The fourth-order valence-corrected chi connectivity index (χ4v) is 1.64. The molecule has 0 heterocycles. The Morgan fingerprint density at radius 1 is 1.11 bits per heavy atom. The van der Waals surface area contributed by atoms with E-state index in [0.29, 0.717) is 6.42 Å². The molecule has 6 heteroatoms. The van der Waals surface area contributed by atoms with E-state index in [4.69, 9.17) is 5.11 Å². The summed E-state index contributed by atoms with van der Waals surface area (Å²) in [7, 11) is 0. The maximum absolute atomic E-state index is 11.9. The van der Waals surface area contributed by atoms with Gasteiger partial charge in [0.15, 0.2) is 0 Å². The lowest BCUT2D eigenvalue weighted by Gasteiger charge is -2.24. The number of aliphatic carboxylic acids is 1. The summed E-state index contributed by atoms with van der Waals surface area (Å²) in [4.78, 5) is 35.2. The van der Waals surface area contributed by atoms with E-state index in [0.717, 1.165) is 0 Å². The van der Waals surface area contributed by atoms with Crippen molar-refractivity contribution in [2.24, 2.45) is 0 Å². The fraction of sp³-hybridized carbons (Fsp3) is 0.769. The third-order valence-corrected chi connectivity index (χ3v) is 2.49. The molecule has 0 radical (unpaired) electrons. The maximum Gasteiger partial charge on any atom is 0.323 e. The second-order valence-electron chi connectivity index (χ2n) is 5.08. The number of amides is 2. The Morgan fingerprint density at radius 2 is 1.68 bits per heavy atom. The number of carboxylic acid groups (broad SMARTS) is 1. The molecule has 0 aliphatic rings. The topological polar surface area (TPSA) is 86.7 Å². The van der Waals surface area contributed by atoms with Gasteiger partial charge in [0.2, 0.25) is 11.8 Å². The first kappa shape index (κ1) is 17.4. The van der Waals surface area contributed by atoms with Crippen LogP contribution in [0.15, 0.2) is 0 Å². The van der Waals surface area contributed by atoms with Gasteiger partial charge in [-0.3, -0.25) is 14.4 Å². The van der Waals surface area contributed by atoms with E-state index in [1.807, 2.05) is 13.8 Å². The van der Waals surface area contributed by atoms with Crippen LogP contribution in [0.5, 0.6) is 0 Å². The van der Waals surface area contributed by atoms with Crippen LogP contribution in [0, 0.1) is 0 Å². The van der Waals surface area contributed by atoms with Crippen molar-refractivity contribution < 1.29 is 19.5 Å². The Morgan fingerprint density at radius 3 is 2.11 bits per heavy atom. The highest BCUT2D eigenvalue weighted by atomic mass is 16.4. The van der Waals surface area contributed by atoms with Gasteiger partial charge in [0.05, 0.1) is 0 Å². The zero-order valence-corrected chi connectivity index (χ0v) is 12.1. The second kappa shape index (κ2) is 8.50. The molecule has 110 valence electrons. The first-order chi connectivity index (χ1) is 8.73. The lowest BCUT2D eigenvalue weighted by Crippen LogP contribution is -2.40. The van der Waals surface area contributed by atoms with Crippen LogP contribution in [0.4, 0.5) is 0 Å². The van der Waals surface area contributed by atoms with Crippen LogP contribution in [0.2, 0.25) is 0 Å². The third kappa shape index (κ3) is 8.18. The van der Waals surface area contributed by atoms with Gasteiger partial charge in [0.25, 0.3) is 0 Å². The standard InChI is InChI=1S/C13H24N2O4/c1-9(2)14-11(16)6-5-7-12(17)15(10(3)4)8-13(18)19/h9-10H,5-8H2,1-4H3,(H,14,16)(H,18,19). The summed E-state index contributed by atoms with van der Waals surface area (Å²) in [6, 6.07) is -0.0736. The molecule has 6 nitrogen and oxygen atoms in total. The molecular formula is C13H24N2O4. The molecule has 0 aromatic rings. The minimum Gasteiger partial charge on any atom is -0.480 e. The number of nitrogens with zero attached hydrogens (tertiary/aromatic N) is 1. The quantitative estimate of drug-likeness (QED) is 0.690. The van der Waals surface area contributed by atoms with Crippen molar-refractivity contribution in [2.75, 3.05) is 6.54 Å². The molecular weight excluding hydrogens is 248 g/mol. The van der Waals surface area contributed by atoms with Gasteiger partial charge in [0.1, 0.15) is 6.54 Å². The van der Waals surface area contributed by atoms with Gasteiger partial charge >= 0.3 is 5.97 Å². The minimum absolute atomic E-state index is 0.0855. The molecule has 0 saturated carbocycles. The van der Waals surface area contributed by atoms with E-state index < -0.39 is 5.97 Å². The molecule has 0 aliphatic heterocycles. The van der Waals surface area contributed by atoms with Gasteiger partial charge in [-0.2, -0.15) is 0 Å². The van der Waals surface area contributed by atoms with Crippen LogP contribution in [0.1, 0.15) is 47.0 Å². The number of carbonyl (C=O) groups is 3. The Labute approximate surface area is 114 Å². The van der Waals surface area contributed by atoms with Crippen LogP contribution < -0.4 is 5.32 Å². The lowest BCUT2D eigenvalue weighted by molar-refractivity contribution is -0.145. The number of hydrogen-bond donors (Lipinski definition) is 2. The number of hydrogen-bond acceptors (Lipinski definition) is 3. The Kier molecular flexibility index (Phi) is 7.79. The van der Waals surface area contributed by atoms with Crippen LogP contribution in [0.3, 0.4) is 0 Å². The van der Waals surface area contributed by atoms with Crippen molar-refractivity contribution in [1.82, 2.24) is 10.2 Å². The van der Waals surface area contributed by atoms with Gasteiger partial charge in [-0.1, -0.05) is 0 Å². The summed E-state index contributed by atoms with van der Waals surface area (Å²) in [5, 5.41) is 11.5. The van der Waals surface area contributed by atoms with Crippen molar-refractivity contribution in [3.8, 4) is 0 Å². The zero-order chi connectivity index (χ0) is 15.0. The molecule has 0 aromatic carbocycles. The monoisotopic (exact) mass is 272 g/mol. The molecule has 0 aliphatic carbocycles. The average Bonchev–Trinajstić information content (AvgIpc) is 2.23. The zero-order valence-electron chi connectivity index (χ0n) is 12.1. The predicted octanol–water partition coefficient (Wildman–Crippen LogP) is 1.00. The molecule has 0 spiro atoms. The first-order valence-electron chi connectivity index (χ1n) is 6.54. The number of carboxylic acids is 1.